The molecule has 0 spiro atoms. The van der Waals surface area contributed by atoms with Crippen molar-refractivity contribution in [3.63, 3.8) is 0 Å². The highest BCUT2D eigenvalue weighted by atomic mass is 16.8. The number of hydrogen-bond acceptors (Lipinski definition) is 16. The molecule has 11 N–H and O–H groups in total. The van der Waals surface area contributed by atoms with Crippen LogP contribution in [0.4, 0.5) is 0 Å². The molecule has 0 aromatic carbocycles. The number of hydrogen-bond donors (Lipinski definition) is 11. The first kappa shape index (κ1) is 30.4. The Kier molecular flexibility index (Phi) is 10.5. The molecule has 3 rings (SSSR count). The summed E-state index contributed by atoms with van der Waals surface area (Å²) in [5.41, 5.74) is 0. The summed E-state index contributed by atoms with van der Waals surface area (Å²) in [4.78, 5) is 11.6. The van der Waals surface area contributed by atoms with Gasteiger partial charge in [-0.15, -0.1) is 0 Å². The molecule has 0 aliphatic carbocycles. The quantitative estimate of drug-likeness (QED) is 0.128. The minimum atomic E-state index is -1.86. The Morgan fingerprint density at radius 3 is 1.92 bits per heavy atom. The van der Waals surface area contributed by atoms with Crippen molar-refractivity contribution in [2.45, 2.75) is 99.0 Å². The molecule has 3 heterocycles. The van der Waals surface area contributed by atoms with Crippen LogP contribution in [0.5, 0.6) is 0 Å². The minimum Gasteiger partial charge on any atom is -0.394 e. The first-order valence-corrected chi connectivity index (χ1v) is 11.6. The molecule has 15 atom stereocenters. The van der Waals surface area contributed by atoms with Crippen molar-refractivity contribution in [2.24, 2.45) is 0 Å². The molecule has 37 heavy (non-hydrogen) atoms. The highest BCUT2D eigenvalue weighted by molar-refractivity contribution is 5.73. The zero-order chi connectivity index (χ0) is 27.6. The van der Waals surface area contributed by atoms with E-state index in [0.29, 0.717) is 0 Å². The van der Waals surface area contributed by atoms with Crippen LogP contribution in [0.15, 0.2) is 0 Å². The summed E-state index contributed by atoms with van der Waals surface area (Å²) in [6, 6.07) is -1.39. The van der Waals surface area contributed by atoms with Crippen LogP contribution in [0.1, 0.15) is 6.92 Å². The van der Waals surface area contributed by atoms with Crippen LogP contribution < -0.4 is 5.32 Å². The van der Waals surface area contributed by atoms with E-state index >= 15 is 0 Å². The van der Waals surface area contributed by atoms with Crippen LogP contribution in [-0.2, 0) is 28.5 Å². The number of aliphatic hydroxyl groups is 10. The number of aliphatic hydroxyl groups excluding tert-OH is 10. The molecule has 0 bridgehead atoms. The molecule has 17 nitrogen and oxygen atoms in total. The van der Waals surface area contributed by atoms with Crippen LogP contribution >= 0.6 is 0 Å². The number of rotatable bonds is 9. The largest absolute Gasteiger partial charge is 0.394 e. The van der Waals surface area contributed by atoms with Crippen molar-refractivity contribution in [1.29, 1.82) is 0 Å². The van der Waals surface area contributed by atoms with Crippen LogP contribution in [0.25, 0.3) is 0 Å². The third-order valence-electron chi connectivity index (χ3n) is 6.47. The Hall–Kier alpha value is -1.13. The smallest absolute Gasteiger partial charge is 0.217 e. The molecule has 0 aromatic rings. The van der Waals surface area contributed by atoms with E-state index in [1.54, 1.807) is 0 Å². The van der Waals surface area contributed by atoms with Crippen LogP contribution in [0, 0.1) is 0 Å². The van der Waals surface area contributed by atoms with Crippen LogP contribution in [-0.4, -0.2) is 169 Å². The second kappa shape index (κ2) is 12.8. The van der Waals surface area contributed by atoms with Crippen LogP contribution in [0.2, 0.25) is 0 Å². The summed E-state index contributed by atoms with van der Waals surface area (Å²) < 4.78 is 27.0. The number of carbonyl (C=O) groups is 1. The lowest BCUT2D eigenvalue weighted by atomic mass is 9.96. The fourth-order valence-corrected chi connectivity index (χ4v) is 4.47. The Bertz CT molecular complexity index is 745. The Morgan fingerprint density at radius 1 is 0.784 bits per heavy atom. The van der Waals surface area contributed by atoms with Crippen LogP contribution in [0.3, 0.4) is 0 Å². The molecule has 3 aliphatic heterocycles. The van der Waals surface area contributed by atoms with E-state index in [-0.39, 0.29) is 0 Å². The number of nitrogens with one attached hydrogen (secondary N) is 1. The first-order valence-electron chi connectivity index (χ1n) is 11.6. The SMILES string of the molecule is CC(=O)N[C@@H]1[C@@H](O[C@@H]2O[C@@H]([C@H](O)CO)[C@H](O[C@H]3O[C@H](CO)[C@@H](O)[C@H](O)[C@H]3O)[C@H]2O)[C@H](O)[C@@H](CO)O[C@@H]1O. The maximum absolute atomic E-state index is 11.6. The maximum atomic E-state index is 11.6. The maximum Gasteiger partial charge on any atom is 0.217 e. The topological polar surface area (TPSA) is 278 Å². The lowest BCUT2D eigenvalue weighted by Crippen LogP contribution is -2.65. The molecule has 0 radical (unpaired) electrons. The van der Waals surface area contributed by atoms with Crippen molar-refractivity contribution in [2.75, 3.05) is 19.8 Å². The monoisotopic (exact) mass is 545 g/mol. The zero-order valence-electron chi connectivity index (χ0n) is 19.7. The minimum absolute atomic E-state index is 0.638. The molecular formula is C20H35NO16. The van der Waals surface area contributed by atoms with Gasteiger partial charge < -0.3 is 80.1 Å². The summed E-state index contributed by atoms with van der Waals surface area (Å²) in [5, 5.41) is 103. The number of amides is 1. The van der Waals surface area contributed by atoms with E-state index in [2.05, 4.69) is 5.32 Å². The van der Waals surface area contributed by atoms with E-state index in [4.69, 9.17) is 23.7 Å². The van der Waals surface area contributed by atoms with E-state index in [0.717, 1.165) is 6.92 Å². The van der Waals surface area contributed by atoms with Gasteiger partial charge in [0.15, 0.2) is 18.9 Å². The lowest BCUT2D eigenvalue weighted by molar-refractivity contribution is -0.319. The van der Waals surface area contributed by atoms with Crippen molar-refractivity contribution < 1.29 is 79.5 Å². The van der Waals surface area contributed by atoms with Gasteiger partial charge >= 0.3 is 0 Å². The predicted octanol–water partition coefficient (Wildman–Crippen LogP) is -7.43. The second-order valence-electron chi connectivity index (χ2n) is 9.07. The van der Waals surface area contributed by atoms with Gasteiger partial charge in [-0.1, -0.05) is 0 Å². The van der Waals surface area contributed by atoms with Crippen molar-refractivity contribution >= 4 is 5.91 Å². The molecule has 3 fully saturated rings. The van der Waals surface area contributed by atoms with Crippen molar-refractivity contribution in [3.05, 3.63) is 0 Å². The molecule has 3 saturated heterocycles. The Labute approximate surface area is 210 Å². The van der Waals surface area contributed by atoms with E-state index in [1.165, 1.54) is 0 Å². The molecule has 3 aliphatic rings. The molecule has 0 saturated carbocycles. The molecular weight excluding hydrogens is 510 g/mol. The average molecular weight is 545 g/mol. The van der Waals surface area contributed by atoms with Gasteiger partial charge in [0.05, 0.1) is 19.8 Å². The van der Waals surface area contributed by atoms with Gasteiger partial charge in [0.25, 0.3) is 0 Å². The summed E-state index contributed by atoms with van der Waals surface area (Å²) in [6.07, 6.45) is -23.1. The van der Waals surface area contributed by atoms with Gasteiger partial charge in [0.2, 0.25) is 5.91 Å². The summed E-state index contributed by atoms with van der Waals surface area (Å²) in [6.45, 7) is -1.26. The van der Waals surface area contributed by atoms with Gasteiger partial charge in [-0.25, -0.2) is 0 Å². The number of ether oxygens (including phenoxy) is 5. The van der Waals surface area contributed by atoms with E-state index < -0.39 is 118 Å². The van der Waals surface area contributed by atoms with Gasteiger partial charge in [0, 0.05) is 6.92 Å². The van der Waals surface area contributed by atoms with Gasteiger partial charge in [-0.05, 0) is 0 Å². The van der Waals surface area contributed by atoms with Gasteiger partial charge in [0.1, 0.15) is 73.2 Å². The average Bonchev–Trinajstić information content (AvgIpc) is 3.17. The molecule has 1 amide bonds. The third-order valence-corrected chi connectivity index (χ3v) is 6.47. The van der Waals surface area contributed by atoms with Crippen molar-refractivity contribution in [1.82, 2.24) is 5.32 Å². The van der Waals surface area contributed by atoms with Gasteiger partial charge in [-0.2, -0.15) is 0 Å². The Balaban J connectivity index is 1.82. The fourth-order valence-electron chi connectivity index (χ4n) is 4.47. The standard InChI is InChI=1S/C20H35NO16/c1-5(25)21-9-16(11(28)8(4-24)33-18(9)32)36-20-14(31)17(15(35-20)6(26)2-22)37-19-13(30)12(29)10(27)7(3-23)34-19/h6-20,22-24,26-32H,2-4H2,1H3,(H,21,25)/t6-,7-,8-,9-,10-,11-,12+,13-,14-,15+,16-,17-,18+,19-,20+/m1/s1. The molecule has 216 valence electrons. The second-order valence-corrected chi connectivity index (χ2v) is 9.07. The van der Waals surface area contributed by atoms with Gasteiger partial charge in [-0.3, -0.25) is 4.79 Å². The van der Waals surface area contributed by atoms with Crippen molar-refractivity contribution in [3.8, 4) is 0 Å². The highest BCUT2D eigenvalue weighted by Gasteiger charge is 2.55. The van der Waals surface area contributed by atoms with E-state index in [9.17, 15) is 55.9 Å². The highest BCUT2D eigenvalue weighted by Crippen LogP contribution is 2.34. The first-order chi connectivity index (χ1) is 17.4. The summed E-state index contributed by atoms with van der Waals surface area (Å²) >= 11 is 0. The molecule has 17 heteroatoms. The third kappa shape index (κ3) is 6.38. The fraction of sp³-hybridized carbons (Fsp3) is 0.950. The Morgan fingerprint density at radius 2 is 1.35 bits per heavy atom. The zero-order valence-corrected chi connectivity index (χ0v) is 19.7. The summed E-state index contributed by atoms with van der Waals surface area (Å²) in [5.74, 6) is -0.638. The normalized spacial score (nSPS) is 47.5. The number of carbonyl (C=O) groups excluding carboxylic acids is 1. The summed E-state index contributed by atoms with van der Waals surface area (Å²) in [7, 11) is 0. The van der Waals surface area contributed by atoms with E-state index in [1.807, 2.05) is 0 Å². The molecule has 0 unspecified atom stereocenters. The molecule has 0 aromatic heterocycles. The predicted molar refractivity (Wildman–Crippen MR) is 113 cm³/mol. The lowest BCUT2D eigenvalue weighted by Gasteiger charge is -2.43.